The predicted octanol–water partition coefficient (Wildman–Crippen LogP) is -1.22. The highest BCUT2D eigenvalue weighted by molar-refractivity contribution is 5.74. The third-order valence-corrected chi connectivity index (χ3v) is 1.88. The maximum absolute atomic E-state index is 10.5. The Morgan fingerprint density at radius 2 is 2.45 bits per heavy atom. The number of carboxylic acid groups (broad SMARTS) is 1. The van der Waals surface area contributed by atoms with Crippen molar-refractivity contribution < 1.29 is 19.4 Å². The van der Waals surface area contributed by atoms with E-state index in [1.54, 1.807) is 0 Å². The molecule has 0 radical (unpaired) electrons. The lowest BCUT2D eigenvalue weighted by Crippen LogP contribution is -2.52. The summed E-state index contributed by atoms with van der Waals surface area (Å²) < 4.78 is 10.3. The molecule has 11 heavy (non-hydrogen) atoms. The van der Waals surface area contributed by atoms with E-state index in [-0.39, 0.29) is 6.10 Å². The van der Waals surface area contributed by atoms with Gasteiger partial charge in [-0.3, -0.25) is 10.1 Å². The number of hydrogen-bond donors (Lipinski definition) is 2. The minimum Gasteiger partial charge on any atom is -0.480 e. The average molecular weight is 159 g/mol. The van der Waals surface area contributed by atoms with Crippen molar-refractivity contribution in [3.05, 3.63) is 0 Å². The van der Waals surface area contributed by atoms with E-state index in [1.165, 1.54) is 0 Å². The second-order valence-corrected chi connectivity index (χ2v) is 2.68. The van der Waals surface area contributed by atoms with Gasteiger partial charge in [0.25, 0.3) is 0 Å². The summed E-state index contributed by atoms with van der Waals surface area (Å²) in [6, 6.07) is -0.700. The third kappa shape index (κ3) is 1.11. The van der Waals surface area contributed by atoms with Crippen LogP contribution in [-0.2, 0) is 14.3 Å². The zero-order valence-corrected chi connectivity index (χ0v) is 5.82. The van der Waals surface area contributed by atoms with Crippen molar-refractivity contribution >= 4 is 5.97 Å². The first-order chi connectivity index (χ1) is 5.27. The summed E-state index contributed by atoms with van der Waals surface area (Å²) in [5, 5.41) is 11.5. The number of carbonyl (C=O) groups is 1. The summed E-state index contributed by atoms with van der Waals surface area (Å²) in [6.45, 7) is 1.06. The summed E-state index contributed by atoms with van der Waals surface area (Å²) in [5.74, 6) is -0.921. The van der Waals surface area contributed by atoms with Gasteiger partial charge in [0.15, 0.2) is 12.3 Å². The molecule has 2 N–H and O–H groups in total. The number of nitrogens with one attached hydrogen (secondary N) is 1. The highest BCUT2D eigenvalue weighted by Gasteiger charge is 2.41. The van der Waals surface area contributed by atoms with E-state index in [9.17, 15) is 4.79 Å². The molecular formula is C6H9NO4. The molecule has 5 heteroatoms. The molecule has 0 spiro atoms. The van der Waals surface area contributed by atoms with Crippen molar-refractivity contribution in [3.8, 4) is 0 Å². The molecule has 0 unspecified atom stereocenters. The number of hydrogen-bond acceptors (Lipinski definition) is 4. The van der Waals surface area contributed by atoms with Gasteiger partial charge in [0.2, 0.25) is 0 Å². The zero-order chi connectivity index (χ0) is 7.84. The van der Waals surface area contributed by atoms with Gasteiger partial charge in [-0.1, -0.05) is 0 Å². The fraction of sp³-hybridized carbons (Fsp3) is 0.833. The number of carboxylic acids is 1. The molecule has 5 nitrogen and oxygen atoms in total. The average Bonchev–Trinajstić information content (AvgIpc) is 2.32. The molecule has 2 saturated heterocycles. The van der Waals surface area contributed by atoms with E-state index in [4.69, 9.17) is 14.6 Å². The number of ether oxygens (including phenoxy) is 2. The van der Waals surface area contributed by atoms with Gasteiger partial charge < -0.3 is 14.6 Å². The van der Waals surface area contributed by atoms with E-state index < -0.39 is 18.3 Å². The lowest BCUT2D eigenvalue weighted by atomic mass is 10.2. The zero-order valence-electron chi connectivity index (χ0n) is 5.82. The van der Waals surface area contributed by atoms with Crippen LogP contribution in [0, 0.1) is 0 Å². The molecule has 2 aliphatic rings. The Morgan fingerprint density at radius 3 is 3.18 bits per heavy atom. The number of aliphatic carboxylic acids is 1. The third-order valence-electron chi connectivity index (χ3n) is 1.88. The molecule has 2 bridgehead atoms. The molecule has 0 aliphatic carbocycles. The van der Waals surface area contributed by atoms with Crippen LogP contribution in [0.4, 0.5) is 0 Å². The van der Waals surface area contributed by atoms with Gasteiger partial charge in [-0.05, 0) is 0 Å². The molecule has 2 fully saturated rings. The van der Waals surface area contributed by atoms with Crippen LogP contribution >= 0.6 is 0 Å². The van der Waals surface area contributed by atoms with E-state index in [1.807, 2.05) is 0 Å². The Kier molecular flexibility index (Phi) is 1.56. The van der Waals surface area contributed by atoms with Crippen LogP contribution in [0.1, 0.15) is 0 Å². The molecule has 2 aliphatic heterocycles. The van der Waals surface area contributed by atoms with E-state index >= 15 is 0 Å². The van der Waals surface area contributed by atoms with Crippen LogP contribution in [0.25, 0.3) is 0 Å². The minimum atomic E-state index is -0.921. The predicted molar refractivity (Wildman–Crippen MR) is 34.0 cm³/mol. The van der Waals surface area contributed by atoms with Gasteiger partial charge in [-0.2, -0.15) is 0 Å². The number of rotatable bonds is 1. The van der Waals surface area contributed by atoms with Crippen molar-refractivity contribution in [1.82, 2.24) is 5.32 Å². The van der Waals surface area contributed by atoms with Gasteiger partial charge >= 0.3 is 5.97 Å². The van der Waals surface area contributed by atoms with Gasteiger partial charge in [0.1, 0.15) is 0 Å². The standard InChI is InChI=1S/C6H9NO4/c8-5(9)4-6-10-2-3(11-6)1-7-4/h3-4,6-7H,1-2H2,(H,8,9)/t3-,4+,6-/m0/s1. The maximum atomic E-state index is 10.5. The van der Waals surface area contributed by atoms with Gasteiger partial charge in [-0.25, -0.2) is 0 Å². The Morgan fingerprint density at radius 1 is 1.64 bits per heavy atom. The van der Waals surface area contributed by atoms with Crippen LogP contribution in [0.3, 0.4) is 0 Å². The lowest BCUT2D eigenvalue weighted by Gasteiger charge is -2.25. The molecule has 0 aromatic heterocycles. The molecule has 0 aromatic rings. The maximum Gasteiger partial charge on any atom is 0.326 e. The summed E-state index contributed by atoms with van der Waals surface area (Å²) in [4.78, 5) is 10.5. The highest BCUT2D eigenvalue weighted by Crippen LogP contribution is 2.18. The molecule has 2 rings (SSSR count). The monoisotopic (exact) mass is 159 g/mol. The largest absolute Gasteiger partial charge is 0.480 e. The molecule has 0 amide bonds. The van der Waals surface area contributed by atoms with Crippen LogP contribution < -0.4 is 5.32 Å². The van der Waals surface area contributed by atoms with Crippen LogP contribution in [0.2, 0.25) is 0 Å². The molecule has 2 heterocycles. The van der Waals surface area contributed by atoms with Crippen LogP contribution in [-0.4, -0.2) is 42.7 Å². The first-order valence-electron chi connectivity index (χ1n) is 3.50. The minimum absolute atomic E-state index is 0.0376. The van der Waals surface area contributed by atoms with Crippen molar-refractivity contribution in [2.45, 2.75) is 18.4 Å². The number of morpholine rings is 1. The summed E-state index contributed by atoms with van der Waals surface area (Å²) >= 11 is 0. The Balaban J connectivity index is 2.07. The normalized spacial score (nSPS) is 42.4. The smallest absolute Gasteiger partial charge is 0.326 e. The summed E-state index contributed by atoms with van der Waals surface area (Å²) in [5.41, 5.74) is 0. The van der Waals surface area contributed by atoms with Gasteiger partial charge in [-0.15, -0.1) is 0 Å². The summed E-state index contributed by atoms with van der Waals surface area (Å²) in [6.07, 6.45) is -0.554. The van der Waals surface area contributed by atoms with Crippen molar-refractivity contribution in [2.24, 2.45) is 0 Å². The van der Waals surface area contributed by atoms with Crippen molar-refractivity contribution in [2.75, 3.05) is 13.2 Å². The fourth-order valence-corrected chi connectivity index (χ4v) is 1.31. The summed E-state index contributed by atoms with van der Waals surface area (Å²) in [7, 11) is 0. The van der Waals surface area contributed by atoms with E-state index in [0.29, 0.717) is 13.2 Å². The molecule has 0 aromatic carbocycles. The quantitative estimate of drug-likeness (QED) is 0.502. The fourth-order valence-electron chi connectivity index (χ4n) is 1.31. The molecule has 3 atom stereocenters. The second-order valence-electron chi connectivity index (χ2n) is 2.68. The highest BCUT2D eigenvalue weighted by atomic mass is 16.7. The van der Waals surface area contributed by atoms with Gasteiger partial charge in [0, 0.05) is 6.54 Å². The molecular weight excluding hydrogens is 150 g/mol. The van der Waals surface area contributed by atoms with Crippen LogP contribution in [0.15, 0.2) is 0 Å². The molecule has 0 saturated carbocycles. The number of fused-ring (bicyclic) bond motifs is 2. The van der Waals surface area contributed by atoms with Crippen LogP contribution in [0.5, 0.6) is 0 Å². The Hall–Kier alpha value is -0.650. The van der Waals surface area contributed by atoms with Crippen molar-refractivity contribution in [1.29, 1.82) is 0 Å². The first kappa shape index (κ1) is 7.02. The second kappa shape index (κ2) is 2.44. The van der Waals surface area contributed by atoms with Gasteiger partial charge in [0.05, 0.1) is 12.7 Å². The molecule has 62 valence electrons. The Bertz CT molecular complexity index is 183. The van der Waals surface area contributed by atoms with Crippen molar-refractivity contribution in [3.63, 3.8) is 0 Å². The Labute approximate surface area is 63.3 Å². The lowest BCUT2D eigenvalue weighted by molar-refractivity contribution is -0.158. The SMILES string of the molecule is O=C(O)[C@H]1NC[C@H]2CO[C@H]1O2. The first-order valence-corrected chi connectivity index (χ1v) is 3.50. The topological polar surface area (TPSA) is 67.8 Å². The van der Waals surface area contributed by atoms with E-state index in [0.717, 1.165) is 0 Å². The van der Waals surface area contributed by atoms with E-state index in [2.05, 4.69) is 5.32 Å².